The molecule has 0 radical (unpaired) electrons. The van der Waals surface area contributed by atoms with Gasteiger partial charge < -0.3 is 4.74 Å². The smallest absolute Gasteiger partial charge is 0.178 e. The number of morpholine rings is 1. The van der Waals surface area contributed by atoms with Crippen molar-refractivity contribution in [2.24, 2.45) is 0 Å². The van der Waals surface area contributed by atoms with E-state index >= 15 is 0 Å². The van der Waals surface area contributed by atoms with Crippen LogP contribution >= 0.6 is 11.6 Å². The second-order valence-electron chi connectivity index (χ2n) is 6.07. The fourth-order valence-corrected chi connectivity index (χ4v) is 4.92. The van der Waals surface area contributed by atoms with Crippen molar-refractivity contribution in [2.75, 3.05) is 25.4 Å². The molecular formula is C16H22ClNO3S. The van der Waals surface area contributed by atoms with Crippen LogP contribution in [0.3, 0.4) is 0 Å². The van der Waals surface area contributed by atoms with Gasteiger partial charge in [0.15, 0.2) is 9.84 Å². The summed E-state index contributed by atoms with van der Waals surface area (Å²) in [4.78, 5) is 2.77. The fourth-order valence-electron chi connectivity index (χ4n) is 3.50. The maximum absolute atomic E-state index is 12.3. The predicted molar refractivity (Wildman–Crippen MR) is 87.1 cm³/mol. The minimum atomic E-state index is -3.22. The zero-order chi connectivity index (χ0) is 15.6. The highest BCUT2D eigenvalue weighted by Crippen LogP contribution is 2.29. The summed E-state index contributed by atoms with van der Waals surface area (Å²) in [6.07, 6.45) is 4.56. The van der Waals surface area contributed by atoms with E-state index in [1.807, 2.05) is 0 Å². The Kier molecular flexibility index (Phi) is 5.07. The molecule has 0 bridgehead atoms. The molecule has 0 N–H and O–H groups in total. The van der Waals surface area contributed by atoms with Crippen molar-refractivity contribution >= 4 is 21.4 Å². The number of benzene rings is 1. The first-order chi connectivity index (χ1) is 10.6. The number of hydrogen-bond donors (Lipinski definition) is 0. The lowest BCUT2D eigenvalue weighted by molar-refractivity contribution is -0.0552. The van der Waals surface area contributed by atoms with Gasteiger partial charge >= 0.3 is 0 Å². The molecule has 1 aliphatic carbocycles. The Morgan fingerprint density at radius 2 is 2.00 bits per heavy atom. The van der Waals surface area contributed by atoms with Gasteiger partial charge in [-0.05, 0) is 56.5 Å². The standard InChI is InChI=1S/C16H22ClNO3S/c17-13-5-7-14(8-6-13)22(19,20)12-2-9-18-10-11-21-16-4-1-3-15(16)18/h5-8,15-16H,1-4,9-12H2/t15-,16+/m0/s1. The van der Waals surface area contributed by atoms with E-state index in [2.05, 4.69) is 4.90 Å². The first-order valence-corrected chi connectivity index (χ1v) is 9.93. The van der Waals surface area contributed by atoms with Gasteiger partial charge in [-0.2, -0.15) is 0 Å². The van der Waals surface area contributed by atoms with Crippen LogP contribution < -0.4 is 0 Å². The average molecular weight is 344 g/mol. The van der Waals surface area contributed by atoms with E-state index in [1.165, 1.54) is 12.8 Å². The van der Waals surface area contributed by atoms with Gasteiger partial charge in [0.2, 0.25) is 0 Å². The molecule has 1 saturated heterocycles. The molecule has 1 aliphatic heterocycles. The van der Waals surface area contributed by atoms with Crippen LogP contribution in [0.4, 0.5) is 0 Å². The van der Waals surface area contributed by atoms with Crippen molar-refractivity contribution in [2.45, 2.75) is 42.7 Å². The molecule has 2 aliphatic rings. The van der Waals surface area contributed by atoms with Crippen LogP contribution in [0.1, 0.15) is 25.7 Å². The van der Waals surface area contributed by atoms with Gasteiger partial charge in [-0.15, -0.1) is 0 Å². The molecule has 3 rings (SSSR count). The van der Waals surface area contributed by atoms with E-state index < -0.39 is 9.84 Å². The molecule has 4 nitrogen and oxygen atoms in total. The number of fused-ring (bicyclic) bond motifs is 1. The fraction of sp³-hybridized carbons (Fsp3) is 0.625. The summed E-state index contributed by atoms with van der Waals surface area (Å²) >= 11 is 5.81. The number of halogens is 1. The van der Waals surface area contributed by atoms with Crippen molar-refractivity contribution in [3.05, 3.63) is 29.3 Å². The third-order valence-corrected chi connectivity index (χ3v) is 6.70. The minimum Gasteiger partial charge on any atom is -0.375 e. The maximum Gasteiger partial charge on any atom is 0.178 e. The van der Waals surface area contributed by atoms with E-state index in [9.17, 15) is 8.42 Å². The van der Waals surface area contributed by atoms with Gasteiger partial charge in [0.1, 0.15) is 0 Å². The molecule has 22 heavy (non-hydrogen) atoms. The Hall–Kier alpha value is -0.620. The van der Waals surface area contributed by atoms with Gasteiger partial charge in [-0.1, -0.05) is 11.6 Å². The summed E-state index contributed by atoms with van der Waals surface area (Å²) in [5.41, 5.74) is 0. The quantitative estimate of drug-likeness (QED) is 0.824. The van der Waals surface area contributed by atoms with Crippen LogP contribution in [-0.4, -0.2) is 50.9 Å². The number of ether oxygens (including phenoxy) is 1. The highest BCUT2D eigenvalue weighted by Gasteiger charge is 2.35. The predicted octanol–water partition coefficient (Wildman–Crippen LogP) is 2.76. The zero-order valence-electron chi connectivity index (χ0n) is 12.6. The van der Waals surface area contributed by atoms with Crippen LogP contribution in [0.15, 0.2) is 29.2 Å². The van der Waals surface area contributed by atoms with Crippen molar-refractivity contribution in [3.8, 4) is 0 Å². The lowest BCUT2D eigenvalue weighted by atomic mass is 10.1. The molecule has 6 heteroatoms. The van der Waals surface area contributed by atoms with Crippen LogP contribution in [-0.2, 0) is 14.6 Å². The van der Waals surface area contributed by atoms with Crippen LogP contribution in [0.25, 0.3) is 0 Å². The molecule has 1 aromatic carbocycles. The van der Waals surface area contributed by atoms with Gasteiger partial charge in [-0.3, -0.25) is 4.90 Å². The lowest BCUT2D eigenvalue weighted by Gasteiger charge is -2.37. The third-order valence-electron chi connectivity index (χ3n) is 4.63. The summed E-state index contributed by atoms with van der Waals surface area (Å²) in [6.45, 7) is 2.52. The molecular weight excluding hydrogens is 322 g/mol. The number of rotatable bonds is 5. The first kappa shape index (κ1) is 16.2. The summed E-state index contributed by atoms with van der Waals surface area (Å²) in [5.74, 6) is 0.184. The molecule has 0 unspecified atom stereocenters. The van der Waals surface area contributed by atoms with Crippen LogP contribution in [0.5, 0.6) is 0 Å². The van der Waals surface area contributed by atoms with E-state index in [0.717, 1.165) is 26.1 Å². The molecule has 0 aromatic heterocycles. The topological polar surface area (TPSA) is 46.6 Å². The van der Waals surface area contributed by atoms with E-state index in [1.54, 1.807) is 24.3 Å². The second kappa shape index (κ2) is 6.87. The molecule has 1 aromatic rings. The zero-order valence-corrected chi connectivity index (χ0v) is 14.2. The Bertz CT molecular complexity index is 602. The molecule has 0 amide bonds. The second-order valence-corrected chi connectivity index (χ2v) is 8.62. The molecule has 2 atom stereocenters. The summed E-state index contributed by atoms with van der Waals surface area (Å²) in [5, 5.41) is 0.555. The molecule has 1 saturated carbocycles. The minimum absolute atomic E-state index is 0.184. The maximum atomic E-state index is 12.3. The molecule has 2 fully saturated rings. The van der Waals surface area contributed by atoms with Crippen molar-refractivity contribution in [3.63, 3.8) is 0 Å². The van der Waals surface area contributed by atoms with E-state index in [-0.39, 0.29) is 5.75 Å². The Balaban J connectivity index is 1.55. The summed E-state index contributed by atoms with van der Waals surface area (Å²) in [6, 6.07) is 6.91. The van der Waals surface area contributed by atoms with Crippen molar-refractivity contribution in [1.29, 1.82) is 0 Å². The SMILES string of the molecule is O=S(=O)(CCCN1CCO[C@@H]2CCC[C@@H]21)c1ccc(Cl)cc1. The first-order valence-electron chi connectivity index (χ1n) is 7.90. The van der Waals surface area contributed by atoms with Crippen molar-refractivity contribution in [1.82, 2.24) is 4.90 Å². The normalized spacial score (nSPS) is 26.0. The van der Waals surface area contributed by atoms with E-state index in [4.69, 9.17) is 16.3 Å². The lowest BCUT2D eigenvalue weighted by Crippen LogP contribution is -2.48. The largest absolute Gasteiger partial charge is 0.375 e. The monoisotopic (exact) mass is 343 g/mol. The molecule has 122 valence electrons. The summed E-state index contributed by atoms with van der Waals surface area (Å²) < 4.78 is 30.4. The van der Waals surface area contributed by atoms with Gasteiger partial charge in [0.05, 0.1) is 23.4 Å². The summed E-state index contributed by atoms with van der Waals surface area (Å²) in [7, 11) is -3.22. The Morgan fingerprint density at radius 1 is 1.23 bits per heavy atom. The van der Waals surface area contributed by atoms with Gasteiger partial charge in [-0.25, -0.2) is 8.42 Å². The highest BCUT2D eigenvalue weighted by atomic mass is 35.5. The number of sulfone groups is 1. The number of nitrogens with zero attached hydrogens (tertiary/aromatic N) is 1. The van der Waals surface area contributed by atoms with E-state index in [0.29, 0.717) is 28.5 Å². The highest BCUT2D eigenvalue weighted by molar-refractivity contribution is 7.91. The Labute approximate surface area is 137 Å². The third kappa shape index (κ3) is 3.65. The molecule has 0 spiro atoms. The van der Waals surface area contributed by atoms with Crippen LogP contribution in [0, 0.1) is 0 Å². The number of hydrogen-bond acceptors (Lipinski definition) is 4. The Morgan fingerprint density at radius 3 is 2.77 bits per heavy atom. The molecule has 1 heterocycles. The van der Waals surface area contributed by atoms with Gasteiger partial charge in [0, 0.05) is 17.6 Å². The van der Waals surface area contributed by atoms with Gasteiger partial charge in [0.25, 0.3) is 0 Å². The average Bonchev–Trinajstić information content (AvgIpc) is 2.97. The van der Waals surface area contributed by atoms with Crippen molar-refractivity contribution < 1.29 is 13.2 Å². The van der Waals surface area contributed by atoms with Crippen LogP contribution in [0.2, 0.25) is 5.02 Å².